The minimum Gasteiger partial charge on any atom is -0.365 e. The molecule has 0 atom stereocenters. The average molecular weight is 408 g/mol. The van der Waals surface area contributed by atoms with E-state index in [0.29, 0.717) is 21.3 Å². The molecule has 0 saturated heterocycles. The van der Waals surface area contributed by atoms with Gasteiger partial charge in [0.05, 0.1) is 30.1 Å². The van der Waals surface area contributed by atoms with E-state index in [2.05, 4.69) is 24.5 Å². The van der Waals surface area contributed by atoms with Gasteiger partial charge in [-0.2, -0.15) is 0 Å². The Morgan fingerprint density at radius 1 is 1.19 bits per heavy atom. The lowest BCUT2D eigenvalue weighted by molar-refractivity contribution is -0.939. The Bertz CT molecular complexity index is 859. The zero-order chi connectivity index (χ0) is 19.6. The normalized spacial score (nSPS) is 15.1. The maximum Gasteiger partial charge on any atom is 0.324 e. The lowest BCUT2D eigenvalue weighted by atomic mass is 10.0. The molecule has 2 heterocycles. The molecule has 0 unspecified atom stereocenters. The van der Waals surface area contributed by atoms with Gasteiger partial charge in [0.25, 0.3) is 5.91 Å². The van der Waals surface area contributed by atoms with Gasteiger partial charge in [-0.25, -0.2) is 4.79 Å². The number of hydrogen-bond acceptors (Lipinski definition) is 3. The van der Waals surface area contributed by atoms with Gasteiger partial charge in [0.15, 0.2) is 0 Å². The highest BCUT2D eigenvalue weighted by Gasteiger charge is 2.35. The fraction of sp³-hybridized carbons (Fsp3) is 0.368. The molecule has 0 bridgehead atoms. The third-order valence-corrected chi connectivity index (χ3v) is 6.71. The molecule has 3 rings (SSSR count). The molecule has 0 radical (unpaired) electrons. The van der Waals surface area contributed by atoms with E-state index in [1.54, 1.807) is 24.3 Å². The summed E-state index contributed by atoms with van der Waals surface area (Å²) in [6, 6.07) is 6.41. The number of quaternary nitrogens is 1. The van der Waals surface area contributed by atoms with Crippen molar-refractivity contribution >= 4 is 45.6 Å². The smallest absolute Gasteiger partial charge is 0.324 e. The summed E-state index contributed by atoms with van der Waals surface area (Å²) < 4.78 is 0.988. The first-order valence-corrected chi connectivity index (χ1v) is 10.2. The first-order chi connectivity index (χ1) is 12.9. The second-order valence-corrected chi connectivity index (χ2v) is 8.31. The molecule has 2 aromatic rings. The zero-order valence-electron chi connectivity index (χ0n) is 15.5. The fourth-order valence-electron chi connectivity index (χ4n) is 3.55. The van der Waals surface area contributed by atoms with Crippen molar-refractivity contribution in [3.05, 3.63) is 45.3 Å². The van der Waals surface area contributed by atoms with Gasteiger partial charge in [-0.05, 0) is 43.7 Å². The van der Waals surface area contributed by atoms with E-state index in [9.17, 15) is 9.59 Å². The number of primary amides is 1. The van der Waals surface area contributed by atoms with Crippen molar-refractivity contribution in [2.24, 2.45) is 5.73 Å². The molecule has 8 heteroatoms. The molecule has 0 saturated carbocycles. The molecule has 0 spiro atoms. The Morgan fingerprint density at radius 2 is 1.85 bits per heavy atom. The number of rotatable bonds is 5. The van der Waals surface area contributed by atoms with Crippen LogP contribution in [0.5, 0.6) is 0 Å². The van der Waals surface area contributed by atoms with Crippen LogP contribution < -0.4 is 16.4 Å². The van der Waals surface area contributed by atoms with Crippen molar-refractivity contribution in [2.45, 2.75) is 26.8 Å². The largest absolute Gasteiger partial charge is 0.365 e. The second-order valence-electron chi connectivity index (χ2n) is 6.76. The highest BCUT2D eigenvalue weighted by Crippen LogP contribution is 2.39. The van der Waals surface area contributed by atoms with E-state index in [1.807, 2.05) is 0 Å². The van der Waals surface area contributed by atoms with Crippen molar-refractivity contribution in [1.29, 1.82) is 0 Å². The summed E-state index contributed by atoms with van der Waals surface area (Å²) in [6.45, 7) is 8.31. The van der Waals surface area contributed by atoms with Gasteiger partial charge in [-0.1, -0.05) is 11.6 Å². The number of hydrogen-bond donors (Lipinski definition) is 3. The highest BCUT2D eigenvalue weighted by atomic mass is 35.5. The number of thiophene rings is 1. The van der Waals surface area contributed by atoms with Crippen LogP contribution in [0.2, 0.25) is 5.02 Å². The molecular weight excluding hydrogens is 384 g/mol. The van der Waals surface area contributed by atoms with Gasteiger partial charge in [0.2, 0.25) is 0 Å². The number of carbonyl (C=O) groups excluding carboxylic acids is 2. The topological polar surface area (TPSA) is 84.2 Å². The summed E-state index contributed by atoms with van der Waals surface area (Å²) in [5.74, 6) is -0.498. The van der Waals surface area contributed by atoms with Crippen LogP contribution in [0.25, 0.3) is 0 Å². The zero-order valence-corrected chi connectivity index (χ0v) is 17.0. The summed E-state index contributed by atoms with van der Waals surface area (Å²) in [6.07, 6.45) is 0.798. The fourth-order valence-corrected chi connectivity index (χ4v) is 5.06. The van der Waals surface area contributed by atoms with Crippen molar-refractivity contribution in [2.75, 3.05) is 30.3 Å². The number of fused-ring (bicyclic) bond motifs is 1. The van der Waals surface area contributed by atoms with Crippen molar-refractivity contribution in [3.63, 3.8) is 0 Å². The predicted octanol–water partition coefficient (Wildman–Crippen LogP) is 4.06. The SMILES string of the molecule is CC[N+]1(CC)CCc2c(sc(NC(=O)Nc3ccc(Cl)cc3)c2C(N)=O)C1. The van der Waals surface area contributed by atoms with E-state index in [1.165, 1.54) is 11.3 Å². The van der Waals surface area contributed by atoms with E-state index in [4.69, 9.17) is 17.3 Å². The number of benzene rings is 1. The first-order valence-electron chi connectivity index (χ1n) is 9.00. The highest BCUT2D eigenvalue weighted by molar-refractivity contribution is 7.17. The van der Waals surface area contributed by atoms with Crippen LogP contribution in [0, 0.1) is 0 Å². The van der Waals surface area contributed by atoms with Crippen LogP contribution in [0.15, 0.2) is 24.3 Å². The second kappa shape index (κ2) is 7.88. The van der Waals surface area contributed by atoms with E-state index in [0.717, 1.165) is 47.5 Å². The molecular formula is C19H24ClN4O2S+. The predicted molar refractivity (Wildman–Crippen MR) is 111 cm³/mol. The molecule has 1 aromatic carbocycles. The van der Waals surface area contributed by atoms with Gasteiger partial charge in [-0.3, -0.25) is 10.1 Å². The summed E-state index contributed by atoms with van der Waals surface area (Å²) in [4.78, 5) is 25.6. The average Bonchev–Trinajstić information content (AvgIpc) is 3.00. The van der Waals surface area contributed by atoms with Crippen LogP contribution >= 0.6 is 22.9 Å². The molecule has 144 valence electrons. The molecule has 3 amide bonds. The first kappa shape index (κ1) is 19.7. The Labute approximate surface area is 167 Å². The standard InChI is InChI=1S/C19H23ClN4O2S/c1-3-24(4-2)10-9-14-15(11-24)27-18(16(14)17(21)25)23-19(26)22-13-7-5-12(20)6-8-13/h5-8H,3-4,9-11H2,1-2H3,(H3-,21,22,23,25,26)/p+1. The molecule has 6 nitrogen and oxygen atoms in total. The Balaban J connectivity index is 1.83. The van der Waals surface area contributed by atoms with Crippen LogP contribution in [-0.2, 0) is 13.0 Å². The van der Waals surface area contributed by atoms with Crippen LogP contribution in [0.1, 0.15) is 34.6 Å². The number of amides is 3. The van der Waals surface area contributed by atoms with E-state index < -0.39 is 11.9 Å². The van der Waals surface area contributed by atoms with Gasteiger partial charge in [0, 0.05) is 17.1 Å². The number of halogens is 1. The minimum absolute atomic E-state index is 0.412. The summed E-state index contributed by atoms with van der Waals surface area (Å²) in [7, 11) is 0. The van der Waals surface area contributed by atoms with Gasteiger partial charge in [0.1, 0.15) is 11.5 Å². The summed E-state index contributed by atoms with van der Waals surface area (Å²) >= 11 is 7.31. The maximum atomic E-state index is 12.4. The van der Waals surface area contributed by atoms with Gasteiger partial charge in [-0.15, -0.1) is 11.3 Å². The van der Waals surface area contributed by atoms with Gasteiger partial charge >= 0.3 is 6.03 Å². The third kappa shape index (κ3) is 4.10. The number of likely N-dealkylation sites (N-methyl/N-ethyl adjacent to an activating group) is 1. The quantitative estimate of drug-likeness (QED) is 0.653. The molecule has 4 N–H and O–H groups in total. The van der Waals surface area contributed by atoms with E-state index in [-0.39, 0.29) is 0 Å². The molecule has 1 aromatic heterocycles. The number of nitrogens with one attached hydrogen (secondary N) is 2. The summed E-state index contributed by atoms with van der Waals surface area (Å²) in [5.41, 5.74) is 7.69. The summed E-state index contributed by atoms with van der Waals surface area (Å²) in [5, 5.41) is 6.66. The molecule has 1 aliphatic heterocycles. The molecule has 27 heavy (non-hydrogen) atoms. The number of carbonyl (C=O) groups is 2. The number of urea groups is 1. The molecule has 1 aliphatic rings. The van der Waals surface area contributed by atoms with Crippen LogP contribution in [0.4, 0.5) is 15.5 Å². The number of nitrogens with zero attached hydrogens (tertiary/aromatic N) is 1. The van der Waals surface area contributed by atoms with Crippen molar-refractivity contribution < 1.29 is 14.1 Å². The maximum absolute atomic E-state index is 12.4. The van der Waals surface area contributed by atoms with Crippen LogP contribution in [-0.4, -0.2) is 36.1 Å². The minimum atomic E-state index is -0.498. The Kier molecular flexibility index (Phi) is 5.74. The molecule has 0 fully saturated rings. The monoisotopic (exact) mass is 407 g/mol. The third-order valence-electron chi connectivity index (χ3n) is 5.32. The van der Waals surface area contributed by atoms with Crippen molar-refractivity contribution in [1.82, 2.24) is 0 Å². The number of anilines is 2. The number of nitrogens with two attached hydrogens (primary N) is 1. The molecule has 0 aliphatic carbocycles. The van der Waals surface area contributed by atoms with E-state index >= 15 is 0 Å². The lowest BCUT2D eigenvalue weighted by Crippen LogP contribution is -2.50. The van der Waals surface area contributed by atoms with Crippen LogP contribution in [0.3, 0.4) is 0 Å². The van der Waals surface area contributed by atoms with Gasteiger partial charge < -0.3 is 15.5 Å². The Morgan fingerprint density at radius 3 is 2.44 bits per heavy atom. The van der Waals surface area contributed by atoms with Crippen molar-refractivity contribution in [3.8, 4) is 0 Å². The lowest BCUT2D eigenvalue weighted by Gasteiger charge is -2.39. The Hall–Kier alpha value is -2.09.